The average Bonchev–Trinajstić information content (AvgIpc) is 2.45. The van der Waals surface area contributed by atoms with Crippen molar-refractivity contribution < 1.29 is 14.8 Å². The lowest BCUT2D eigenvalue weighted by molar-refractivity contribution is -0.385. The number of rotatable bonds is 5. The number of benzene rings is 2. The summed E-state index contributed by atoms with van der Waals surface area (Å²) >= 11 is 0. The Bertz CT molecular complexity index is 638. The summed E-state index contributed by atoms with van der Waals surface area (Å²) in [7, 11) is 0. The molecule has 0 aromatic heterocycles. The van der Waals surface area contributed by atoms with E-state index < -0.39 is 10.9 Å². The number of carboxylic acids is 1. The molecule has 0 radical (unpaired) electrons. The fourth-order valence-electron chi connectivity index (χ4n) is 2.10. The highest BCUT2D eigenvalue weighted by Crippen LogP contribution is 2.25. The van der Waals surface area contributed by atoms with Crippen molar-refractivity contribution in [1.82, 2.24) is 0 Å². The van der Waals surface area contributed by atoms with Gasteiger partial charge in [-0.25, -0.2) is 4.79 Å². The Hall–Kier alpha value is -2.69. The molecule has 0 aliphatic carbocycles. The second-order valence-electron chi connectivity index (χ2n) is 4.36. The van der Waals surface area contributed by atoms with Crippen LogP contribution in [0.3, 0.4) is 0 Å². The number of nitrogens with zero attached hydrogens (tertiary/aromatic N) is 1. The van der Waals surface area contributed by atoms with Gasteiger partial charge in [-0.05, 0) is 24.5 Å². The molecule has 102 valence electrons. The molecule has 0 aliphatic rings. The van der Waals surface area contributed by atoms with Gasteiger partial charge < -0.3 is 5.11 Å². The predicted octanol–water partition coefficient (Wildman–Crippen LogP) is 3.08. The average molecular weight is 271 g/mol. The van der Waals surface area contributed by atoms with Crippen LogP contribution in [-0.4, -0.2) is 16.0 Å². The summed E-state index contributed by atoms with van der Waals surface area (Å²) in [4.78, 5) is 21.5. The van der Waals surface area contributed by atoms with E-state index in [1.165, 1.54) is 12.1 Å². The number of para-hydroxylation sites is 1. The third kappa shape index (κ3) is 3.00. The summed E-state index contributed by atoms with van der Waals surface area (Å²) in [5.74, 6) is -1.28. The number of hydrogen-bond acceptors (Lipinski definition) is 3. The van der Waals surface area contributed by atoms with Gasteiger partial charge in [-0.15, -0.1) is 0 Å². The third-order valence-corrected chi connectivity index (χ3v) is 3.06. The molecule has 1 N–H and O–H groups in total. The van der Waals surface area contributed by atoms with Crippen LogP contribution in [0, 0.1) is 10.1 Å². The Morgan fingerprint density at radius 3 is 2.35 bits per heavy atom. The van der Waals surface area contributed by atoms with Gasteiger partial charge in [0.2, 0.25) is 0 Å². The maximum atomic E-state index is 11.1. The van der Waals surface area contributed by atoms with Crippen LogP contribution < -0.4 is 0 Å². The number of aromatic carboxylic acids is 1. The van der Waals surface area contributed by atoms with Gasteiger partial charge in [-0.1, -0.05) is 42.5 Å². The van der Waals surface area contributed by atoms with Crippen molar-refractivity contribution in [2.24, 2.45) is 0 Å². The quantitative estimate of drug-likeness (QED) is 0.669. The first kappa shape index (κ1) is 13.7. The third-order valence-electron chi connectivity index (χ3n) is 3.06. The number of nitro benzene ring substituents is 1. The van der Waals surface area contributed by atoms with E-state index in [0.29, 0.717) is 18.4 Å². The van der Waals surface area contributed by atoms with E-state index in [9.17, 15) is 14.9 Å². The summed E-state index contributed by atoms with van der Waals surface area (Å²) in [5, 5.41) is 20.1. The second-order valence-corrected chi connectivity index (χ2v) is 4.36. The lowest BCUT2D eigenvalue weighted by Gasteiger charge is -2.05. The number of aryl methyl sites for hydroxylation is 2. The highest BCUT2D eigenvalue weighted by atomic mass is 16.6. The maximum absolute atomic E-state index is 11.1. The molecule has 0 saturated heterocycles. The fraction of sp³-hybridized carbons (Fsp3) is 0.133. The van der Waals surface area contributed by atoms with Crippen molar-refractivity contribution in [3.05, 3.63) is 75.3 Å². The molecule has 0 aliphatic heterocycles. The minimum atomic E-state index is -1.28. The van der Waals surface area contributed by atoms with Gasteiger partial charge in [0, 0.05) is 5.56 Å². The SMILES string of the molecule is O=C(O)c1cccc(CCc2ccccc2)c1[N+](=O)[O-]. The lowest BCUT2D eigenvalue weighted by atomic mass is 10.0. The monoisotopic (exact) mass is 271 g/mol. The van der Waals surface area contributed by atoms with E-state index in [0.717, 1.165) is 5.56 Å². The summed E-state index contributed by atoms with van der Waals surface area (Å²) in [6, 6.07) is 14.0. The van der Waals surface area contributed by atoms with Crippen LogP contribution >= 0.6 is 0 Å². The first-order valence-corrected chi connectivity index (χ1v) is 6.13. The highest BCUT2D eigenvalue weighted by molar-refractivity contribution is 5.93. The minimum absolute atomic E-state index is 0.263. The van der Waals surface area contributed by atoms with Crippen molar-refractivity contribution in [3.8, 4) is 0 Å². The van der Waals surface area contributed by atoms with Crippen LogP contribution in [0.2, 0.25) is 0 Å². The number of hydrogen-bond donors (Lipinski definition) is 1. The first-order valence-electron chi connectivity index (χ1n) is 6.13. The van der Waals surface area contributed by atoms with E-state index >= 15 is 0 Å². The largest absolute Gasteiger partial charge is 0.477 e. The molecule has 0 heterocycles. The van der Waals surface area contributed by atoms with E-state index in [-0.39, 0.29) is 11.3 Å². The Kier molecular flexibility index (Phi) is 4.10. The van der Waals surface area contributed by atoms with Gasteiger partial charge in [-0.3, -0.25) is 10.1 Å². The van der Waals surface area contributed by atoms with Crippen molar-refractivity contribution >= 4 is 11.7 Å². The van der Waals surface area contributed by atoms with Gasteiger partial charge in [0.05, 0.1) is 4.92 Å². The first-order chi connectivity index (χ1) is 9.59. The van der Waals surface area contributed by atoms with Crippen LogP contribution in [0.4, 0.5) is 5.69 Å². The van der Waals surface area contributed by atoms with Crippen molar-refractivity contribution in [2.75, 3.05) is 0 Å². The van der Waals surface area contributed by atoms with Crippen LogP contribution in [-0.2, 0) is 12.8 Å². The summed E-state index contributed by atoms with van der Waals surface area (Å²) < 4.78 is 0. The molecule has 0 bridgehead atoms. The van der Waals surface area contributed by atoms with E-state index in [1.807, 2.05) is 30.3 Å². The van der Waals surface area contributed by atoms with E-state index in [2.05, 4.69) is 0 Å². The van der Waals surface area contributed by atoms with Gasteiger partial charge >= 0.3 is 5.97 Å². The molecular formula is C15H13NO4. The topological polar surface area (TPSA) is 80.4 Å². The molecule has 0 unspecified atom stereocenters. The molecule has 2 rings (SSSR count). The Balaban J connectivity index is 2.30. The highest BCUT2D eigenvalue weighted by Gasteiger charge is 2.23. The molecule has 5 heteroatoms. The van der Waals surface area contributed by atoms with Crippen molar-refractivity contribution in [3.63, 3.8) is 0 Å². The van der Waals surface area contributed by atoms with E-state index in [4.69, 9.17) is 5.11 Å². The molecule has 0 saturated carbocycles. The number of carboxylic acid groups (broad SMARTS) is 1. The molecule has 2 aromatic rings. The van der Waals surface area contributed by atoms with Crippen LogP contribution in [0.25, 0.3) is 0 Å². The molecule has 0 atom stereocenters. The molecule has 0 spiro atoms. The molecule has 20 heavy (non-hydrogen) atoms. The number of nitro groups is 1. The van der Waals surface area contributed by atoms with E-state index in [1.54, 1.807) is 6.07 Å². The molecular weight excluding hydrogens is 258 g/mol. The van der Waals surface area contributed by atoms with Gasteiger partial charge in [0.15, 0.2) is 0 Å². The number of carbonyl (C=O) groups is 1. The van der Waals surface area contributed by atoms with Gasteiger partial charge in [-0.2, -0.15) is 0 Å². The predicted molar refractivity (Wildman–Crippen MR) is 73.9 cm³/mol. The Labute approximate surface area is 115 Å². The zero-order valence-electron chi connectivity index (χ0n) is 10.7. The van der Waals surface area contributed by atoms with Crippen molar-refractivity contribution in [1.29, 1.82) is 0 Å². The lowest BCUT2D eigenvalue weighted by Crippen LogP contribution is -2.06. The van der Waals surface area contributed by atoms with Gasteiger partial charge in [0.25, 0.3) is 5.69 Å². The molecule has 5 nitrogen and oxygen atoms in total. The smallest absolute Gasteiger partial charge is 0.342 e. The van der Waals surface area contributed by atoms with Crippen LogP contribution in [0.5, 0.6) is 0 Å². The maximum Gasteiger partial charge on any atom is 0.342 e. The Morgan fingerprint density at radius 2 is 1.75 bits per heavy atom. The molecule has 2 aromatic carbocycles. The minimum Gasteiger partial charge on any atom is -0.477 e. The summed E-state index contributed by atoms with van der Waals surface area (Å²) in [6.07, 6.45) is 1.06. The zero-order valence-corrected chi connectivity index (χ0v) is 10.7. The molecule has 0 amide bonds. The fourth-order valence-corrected chi connectivity index (χ4v) is 2.10. The normalized spacial score (nSPS) is 10.2. The second kappa shape index (κ2) is 5.97. The molecule has 0 fully saturated rings. The van der Waals surface area contributed by atoms with Crippen LogP contribution in [0.15, 0.2) is 48.5 Å². The van der Waals surface area contributed by atoms with Gasteiger partial charge in [0.1, 0.15) is 5.56 Å². The zero-order chi connectivity index (χ0) is 14.5. The standard InChI is InChI=1S/C15H13NO4/c17-15(18)13-8-4-7-12(14(13)16(19)20)10-9-11-5-2-1-3-6-11/h1-8H,9-10H2,(H,17,18). The summed E-state index contributed by atoms with van der Waals surface area (Å²) in [5.41, 5.74) is 0.928. The Morgan fingerprint density at radius 1 is 1.05 bits per heavy atom. The van der Waals surface area contributed by atoms with Crippen LogP contribution in [0.1, 0.15) is 21.5 Å². The van der Waals surface area contributed by atoms with Crippen molar-refractivity contribution in [2.45, 2.75) is 12.8 Å². The summed E-state index contributed by atoms with van der Waals surface area (Å²) in [6.45, 7) is 0.